The van der Waals surface area contributed by atoms with Crippen molar-refractivity contribution < 1.29 is 17.9 Å². The lowest BCUT2D eigenvalue weighted by molar-refractivity contribution is -0.382. The van der Waals surface area contributed by atoms with E-state index in [4.69, 9.17) is 9.47 Å². The zero-order valence-corrected chi connectivity index (χ0v) is 17.3. The minimum atomic E-state index is -3.68. The van der Waals surface area contributed by atoms with Gasteiger partial charge in [0.25, 0.3) is 5.56 Å². The number of hydrogen-bond donors (Lipinski definition) is 3. The van der Waals surface area contributed by atoms with E-state index in [0.717, 1.165) is 6.54 Å². The number of nitrogens with zero attached hydrogens (tertiary/aromatic N) is 1. The molecule has 2 aromatic heterocycles. The smallest absolute Gasteiger partial charge is 0.272 e. The topological polar surface area (TPSA) is 117 Å². The van der Waals surface area contributed by atoms with Crippen molar-refractivity contribution in [3.63, 3.8) is 0 Å². The van der Waals surface area contributed by atoms with Crippen LogP contribution in [0.5, 0.6) is 0 Å². The quantitative estimate of drug-likeness (QED) is 0.500. The molecule has 4 rings (SSSR count). The van der Waals surface area contributed by atoms with Crippen LogP contribution in [0.25, 0.3) is 21.8 Å². The van der Waals surface area contributed by atoms with Crippen LogP contribution >= 0.6 is 0 Å². The van der Waals surface area contributed by atoms with Gasteiger partial charge in [-0.3, -0.25) is 4.79 Å². The normalized spacial score (nSPS) is 19.9. The average Bonchev–Trinajstić information content (AvgIpc) is 3.08. The van der Waals surface area contributed by atoms with Gasteiger partial charge in [-0.15, -0.1) is 0 Å². The van der Waals surface area contributed by atoms with Crippen LogP contribution in [0.1, 0.15) is 25.2 Å². The molecule has 0 spiro atoms. The third kappa shape index (κ3) is 3.81. The van der Waals surface area contributed by atoms with Gasteiger partial charge >= 0.3 is 0 Å². The summed E-state index contributed by atoms with van der Waals surface area (Å²) >= 11 is 0. The molecule has 0 bridgehead atoms. The van der Waals surface area contributed by atoms with Crippen LogP contribution < -0.4 is 10.3 Å². The van der Waals surface area contributed by atoms with E-state index in [-0.39, 0.29) is 16.7 Å². The summed E-state index contributed by atoms with van der Waals surface area (Å²) in [5, 5.41) is 1.21. The lowest BCUT2D eigenvalue weighted by Gasteiger charge is -2.33. The van der Waals surface area contributed by atoms with Crippen LogP contribution in [-0.2, 0) is 19.5 Å². The Labute approximate surface area is 168 Å². The Bertz CT molecular complexity index is 1210. The summed E-state index contributed by atoms with van der Waals surface area (Å²) in [6.45, 7) is 2.91. The van der Waals surface area contributed by atoms with Gasteiger partial charge in [0.1, 0.15) is 5.52 Å². The number of rotatable bonds is 7. The third-order valence-corrected chi connectivity index (χ3v) is 6.37. The molecule has 0 saturated carbocycles. The lowest BCUT2D eigenvalue weighted by Crippen LogP contribution is -2.31. The van der Waals surface area contributed by atoms with E-state index in [1.807, 2.05) is 19.0 Å². The number of H-pyrrole nitrogens is 2. The van der Waals surface area contributed by atoms with E-state index in [1.54, 1.807) is 25.3 Å². The fourth-order valence-electron chi connectivity index (χ4n) is 3.47. The highest BCUT2D eigenvalue weighted by Gasteiger charge is 2.31. The first-order chi connectivity index (χ1) is 13.8. The molecule has 0 atom stereocenters. The van der Waals surface area contributed by atoms with Crippen molar-refractivity contribution in [2.45, 2.75) is 30.8 Å². The number of benzene rings is 1. The Kier molecular flexibility index (Phi) is 5.21. The monoisotopic (exact) mass is 420 g/mol. The van der Waals surface area contributed by atoms with Gasteiger partial charge in [0.15, 0.2) is 12.6 Å². The molecule has 3 heterocycles. The molecule has 0 radical (unpaired) electrons. The van der Waals surface area contributed by atoms with Crippen molar-refractivity contribution in [1.82, 2.24) is 19.6 Å². The maximum absolute atomic E-state index is 12.7. The van der Waals surface area contributed by atoms with E-state index in [9.17, 15) is 13.2 Å². The number of fused-ring (bicyclic) bond motifs is 3. The standard InChI is InChI=1S/C19H24N4O5S/c1-11-27-19(28-11)14-10-20-17-16(14)13-9-12(5-6-15(13)22-18(17)24)29(25,26)21-7-4-8-23(2)3/h5-6,9-11,19-21H,4,7-8H2,1-3H3,(H,22,24). The molecular weight excluding hydrogens is 396 g/mol. The summed E-state index contributed by atoms with van der Waals surface area (Å²) in [5.41, 5.74) is 1.28. The van der Waals surface area contributed by atoms with Crippen molar-refractivity contribution in [2.75, 3.05) is 27.2 Å². The number of sulfonamides is 1. The average molecular weight is 420 g/mol. The Morgan fingerprint density at radius 2 is 2.00 bits per heavy atom. The Morgan fingerprint density at radius 1 is 1.24 bits per heavy atom. The van der Waals surface area contributed by atoms with Crippen molar-refractivity contribution in [2.24, 2.45) is 0 Å². The fourth-order valence-corrected chi connectivity index (χ4v) is 4.57. The summed E-state index contributed by atoms with van der Waals surface area (Å²) in [7, 11) is 0.200. The van der Waals surface area contributed by atoms with Gasteiger partial charge in [-0.1, -0.05) is 0 Å². The van der Waals surface area contributed by atoms with E-state index >= 15 is 0 Å². The zero-order chi connectivity index (χ0) is 20.8. The van der Waals surface area contributed by atoms with E-state index in [0.29, 0.717) is 40.3 Å². The fraction of sp³-hybridized carbons (Fsp3) is 0.421. The summed E-state index contributed by atoms with van der Waals surface area (Å²) in [4.78, 5) is 20.3. The maximum Gasteiger partial charge on any atom is 0.272 e. The first kappa shape index (κ1) is 20.0. The maximum atomic E-state index is 12.7. The van der Waals surface area contributed by atoms with Crippen molar-refractivity contribution in [3.05, 3.63) is 40.3 Å². The van der Waals surface area contributed by atoms with Gasteiger partial charge in [0, 0.05) is 34.6 Å². The largest absolute Gasteiger partial charge is 0.356 e. The van der Waals surface area contributed by atoms with Gasteiger partial charge in [-0.05, 0) is 52.2 Å². The highest BCUT2D eigenvalue weighted by Crippen LogP contribution is 2.37. The molecule has 10 heteroatoms. The predicted molar refractivity (Wildman–Crippen MR) is 109 cm³/mol. The van der Waals surface area contributed by atoms with Crippen LogP contribution in [-0.4, -0.2) is 56.8 Å². The lowest BCUT2D eigenvalue weighted by atomic mass is 10.1. The molecular formula is C19H24N4O5S. The third-order valence-electron chi connectivity index (χ3n) is 4.92. The molecule has 0 amide bonds. The number of hydrogen-bond acceptors (Lipinski definition) is 6. The Hall–Kier alpha value is -2.24. The van der Waals surface area contributed by atoms with Gasteiger partial charge in [0.2, 0.25) is 10.0 Å². The van der Waals surface area contributed by atoms with Gasteiger partial charge in [-0.25, -0.2) is 13.1 Å². The van der Waals surface area contributed by atoms with E-state index in [1.165, 1.54) is 6.07 Å². The van der Waals surface area contributed by atoms with Crippen LogP contribution in [0.3, 0.4) is 0 Å². The molecule has 1 aromatic carbocycles. The molecule has 9 nitrogen and oxygen atoms in total. The zero-order valence-electron chi connectivity index (χ0n) is 16.5. The molecule has 29 heavy (non-hydrogen) atoms. The second-order valence-electron chi connectivity index (χ2n) is 7.38. The van der Waals surface area contributed by atoms with Gasteiger partial charge in [0.05, 0.1) is 4.90 Å². The number of aromatic nitrogens is 2. The molecule has 0 unspecified atom stereocenters. The first-order valence-electron chi connectivity index (χ1n) is 9.38. The minimum absolute atomic E-state index is 0.138. The van der Waals surface area contributed by atoms with E-state index in [2.05, 4.69) is 14.7 Å². The summed E-state index contributed by atoms with van der Waals surface area (Å²) in [6, 6.07) is 4.66. The number of nitrogens with one attached hydrogen (secondary N) is 3. The van der Waals surface area contributed by atoms with Crippen LogP contribution in [0.15, 0.2) is 34.1 Å². The SMILES string of the molecule is CC1OC(c2c[nH]c3c(=O)[nH]c4ccc(S(=O)(=O)NCCCN(C)C)cc4c23)O1. The van der Waals surface area contributed by atoms with Crippen LogP contribution in [0.2, 0.25) is 0 Å². The number of ether oxygens (including phenoxy) is 2. The van der Waals surface area contributed by atoms with Crippen LogP contribution in [0.4, 0.5) is 0 Å². The number of pyridine rings is 1. The van der Waals surface area contributed by atoms with Gasteiger partial charge in [-0.2, -0.15) is 0 Å². The number of aromatic amines is 2. The summed E-state index contributed by atoms with van der Waals surface area (Å²) < 4.78 is 39.3. The second-order valence-corrected chi connectivity index (χ2v) is 9.15. The Balaban J connectivity index is 1.74. The van der Waals surface area contributed by atoms with Crippen molar-refractivity contribution >= 4 is 31.8 Å². The second kappa shape index (κ2) is 7.54. The molecule has 1 fully saturated rings. The highest BCUT2D eigenvalue weighted by molar-refractivity contribution is 7.89. The van der Waals surface area contributed by atoms with Crippen molar-refractivity contribution in [1.29, 1.82) is 0 Å². The highest BCUT2D eigenvalue weighted by atomic mass is 32.2. The van der Waals surface area contributed by atoms with Crippen molar-refractivity contribution in [3.8, 4) is 0 Å². The summed E-state index contributed by atoms with van der Waals surface area (Å²) in [5.74, 6) is 0. The molecule has 1 aliphatic rings. The minimum Gasteiger partial charge on any atom is -0.356 e. The molecule has 0 aliphatic carbocycles. The van der Waals surface area contributed by atoms with Gasteiger partial charge < -0.3 is 24.3 Å². The van der Waals surface area contributed by atoms with Crippen LogP contribution in [0, 0.1) is 0 Å². The first-order valence-corrected chi connectivity index (χ1v) is 10.9. The summed E-state index contributed by atoms with van der Waals surface area (Å²) in [6.07, 6.45) is 1.46. The Morgan fingerprint density at radius 3 is 2.69 bits per heavy atom. The molecule has 3 aromatic rings. The molecule has 1 aliphatic heterocycles. The molecule has 156 valence electrons. The molecule has 1 saturated heterocycles. The molecule has 3 N–H and O–H groups in total. The van der Waals surface area contributed by atoms with E-state index < -0.39 is 16.3 Å². The predicted octanol–water partition coefficient (Wildman–Crippen LogP) is 1.63.